The zero-order valence-electron chi connectivity index (χ0n) is 14.4. The molecular formula is C20H17ClN2O4. The van der Waals surface area contributed by atoms with Crippen LogP contribution in [0.15, 0.2) is 71.3 Å². The van der Waals surface area contributed by atoms with Crippen molar-refractivity contribution in [3.8, 4) is 5.75 Å². The highest BCUT2D eigenvalue weighted by molar-refractivity contribution is 6.30. The summed E-state index contributed by atoms with van der Waals surface area (Å²) in [6.07, 6.45) is 0.724. The number of carbonyl (C=O) groups is 2. The van der Waals surface area contributed by atoms with Crippen LogP contribution in [0.2, 0.25) is 5.02 Å². The first kappa shape index (κ1) is 18.5. The summed E-state index contributed by atoms with van der Waals surface area (Å²) in [5.41, 5.74) is 1.16. The number of halogens is 1. The molecule has 0 spiro atoms. The summed E-state index contributed by atoms with van der Waals surface area (Å²) in [5.74, 6) is 0.0863. The Morgan fingerprint density at radius 1 is 1.00 bits per heavy atom. The van der Waals surface area contributed by atoms with Crippen LogP contribution in [0.3, 0.4) is 0 Å². The molecule has 0 fully saturated rings. The number of hydrogen-bond acceptors (Lipinski definition) is 4. The number of amides is 2. The van der Waals surface area contributed by atoms with E-state index in [1.807, 2.05) is 0 Å². The second kappa shape index (κ2) is 8.42. The van der Waals surface area contributed by atoms with Crippen molar-refractivity contribution >= 4 is 34.8 Å². The Labute approximate surface area is 161 Å². The lowest BCUT2D eigenvalue weighted by Gasteiger charge is -2.15. The quantitative estimate of drug-likeness (QED) is 0.651. The molecular weight excluding hydrogens is 368 g/mol. The first-order valence-corrected chi connectivity index (χ1v) is 8.57. The molecule has 0 bridgehead atoms. The Bertz CT molecular complexity index is 923. The van der Waals surface area contributed by atoms with Gasteiger partial charge in [-0.25, -0.2) is 0 Å². The van der Waals surface area contributed by atoms with Crippen molar-refractivity contribution in [2.45, 2.75) is 13.0 Å². The third-order valence-corrected chi connectivity index (χ3v) is 3.87. The first-order valence-electron chi connectivity index (χ1n) is 8.19. The monoisotopic (exact) mass is 384 g/mol. The summed E-state index contributed by atoms with van der Waals surface area (Å²) in [7, 11) is 0. The zero-order valence-corrected chi connectivity index (χ0v) is 15.2. The molecule has 7 heteroatoms. The second-order valence-electron chi connectivity index (χ2n) is 5.72. The number of carbonyl (C=O) groups excluding carboxylic acids is 2. The number of ether oxygens (including phenoxy) is 1. The molecule has 1 aromatic heterocycles. The molecule has 138 valence electrons. The lowest BCUT2D eigenvalue weighted by molar-refractivity contribution is -0.122. The SMILES string of the molecule is CC(Oc1cccc(Cl)c1)C(=O)Nc1ccc(NC(=O)c2ccco2)cc1. The van der Waals surface area contributed by atoms with Gasteiger partial charge in [0.2, 0.25) is 0 Å². The Kier molecular flexibility index (Phi) is 5.78. The van der Waals surface area contributed by atoms with Gasteiger partial charge in [-0.3, -0.25) is 9.59 Å². The van der Waals surface area contributed by atoms with Gasteiger partial charge < -0.3 is 19.8 Å². The smallest absolute Gasteiger partial charge is 0.291 e. The molecule has 0 saturated heterocycles. The molecule has 1 heterocycles. The fourth-order valence-electron chi connectivity index (χ4n) is 2.28. The largest absolute Gasteiger partial charge is 0.481 e. The molecule has 1 atom stereocenters. The van der Waals surface area contributed by atoms with Crippen LogP contribution in [0.4, 0.5) is 11.4 Å². The Balaban J connectivity index is 1.55. The van der Waals surface area contributed by atoms with Gasteiger partial charge in [-0.1, -0.05) is 17.7 Å². The summed E-state index contributed by atoms with van der Waals surface area (Å²) in [6.45, 7) is 1.65. The summed E-state index contributed by atoms with van der Waals surface area (Å²) >= 11 is 5.90. The maximum absolute atomic E-state index is 12.3. The summed E-state index contributed by atoms with van der Waals surface area (Å²) in [4.78, 5) is 24.2. The van der Waals surface area contributed by atoms with Gasteiger partial charge in [0, 0.05) is 16.4 Å². The van der Waals surface area contributed by atoms with Crippen LogP contribution >= 0.6 is 11.6 Å². The molecule has 0 radical (unpaired) electrons. The van der Waals surface area contributed by atoms with E-state index in [2.05, 4.69) is 10.6 Å². The summed E-state index contributed by atoms with van der Waals surface area (Å²) in [5, 5.41) is 5.99. The van der Waals surface area contributed by atoms with E-state index in [9.17, 15) is 9.59 Å². The van der Waals surface area contributed by atoms with Crippen LogP contribution in [0.5, 0.6) is 5.75 Å². The number of benzene rings is 2. The number of nitrogens with one attached hydrogen (secondary N) is 2. The van der Waals surface area contributed by atoms with Gasteiger partial charge in [-0.05, 0) is 61.5 Å². The van der Waals surface area contributed by atoms with Crippen molar-refractivity contribution in [3.05, 3.63) is 77.7 Å². The van der Waals surface area contributed by atoms with Crippen molar-refractivity contribution in [3.63, 3.8) is 0 Å². The Hall–Kier alpha value is -3.25. The average molecular weight is 385 g/mol. The topological polar surface area (TPSA) is 80.6 Å². The van der Waals surface area contributed by atoms with Gasteiger partial charge in [-0.15, -0.1) is 0 Å². The van der Waals surface area contributed by atoms with E-state index in [-0.39, 0.29) is 17.6 Å². The molecule has 2 amide bonds. The Morgan fingerprint density at radius 2 is 1.70 bits per heavy atom. The van der Waals surface area contributed by atoms with Crippen molar-refractivity contribution in [2.75, 3.05) is 10.6 Å². The van der Waals surface area contributed by atoms with Crippen LogP contribution in [0.1, 0.15) is 17.5 Å². The standard InChI is InChI=1S/C20H17ClN2O4/c1-13(27-17-5-2-4-14(21)12-17)19(24)22-15-7-9-16(10-8-15)23-20(25)18-6-3-11-26-18/h2-13H,1H3,(H,22,24)(H,23,25). The highest BCUT2D eigenvalue weighted by Crippen LogP contribution is 2.19. The van der Waals surface area contributed by atoms with Gasteiger partial charge in [0.05, 0.1) is 6.26 Å². The first-order chi connectivity index (χ1) is 13.0. The Morgan fingerprint density at radius 3 is 2.33 bits per heavy atom. The van der Waals surface area contributed by atoms with Crippen molar-refractivity contribution in [2.24, 2.45) is 0 Å². The van der Waals surface area contributed by atoms with Gasteiger partial charge in [-0.2, -0.15) is 0 Å². The van der Waals surface area contributed by atoms with Crippen LogP contribution in [-0.2, 0) is 4.79 Å². The molecule has 0 aliphatic rings. The van der Waals surface area contributed by atoms with Gasteiger partial charge in [0.25, 0.3) is 11.8 Å². The second-order valence-corrected chi connectivity index (χ2v) is 6.15. The maximum atomic E-state index is 12.3. The van der Waals surface area contributed by atoms with E-state index in [1.165, 1.54) is 6.26 Å². The molecule has 0 aliphatic heterocycles. The highest BCUT2D eigenvalue weighted by atomic mass is 35.5. The van der Waals surface area contributed by atoms with Crippen molar-refractivity contribution < 1.29 is 18.7 Å². The number of furan rings is 1. The van der Waals surface area contributed by atoms with Crippen LogP contribution in [0.25, 0.3) is 0 Å². The summed E-state index contributed by atoms with van der Waals surface area (Å²) in [6, 6.07) is 16.8. The predicted octanol–water partition coefficient (Wildman–Crippen LogP) is 4.59. The van der Waals surface area contributed by atoms with E-state index in [1.54, 1.807) is 67.6 Å². The molecule has 0 saturated carbocycles. The molecule has 2 aromatic carbocycles. The molecule has 6 nitrogen and oxygen atoms in total. The normalized spacial score (nSPS) is 11.5. The number of rotatable bonds is 6. The van der Waals surface area contributed by atoms with E-state index < -0.39 is 6.10 Å². The van der Waals surface area contributed by atoms with Crippen LogP contribution in [0, 0.1) is 0 Å². The lowest BCUT2D eigenvalue weighted by Crippen LogP contribution is -2.30. The predicted molar refractivity (Wildman–Crippen MR) is 103 cm³/mol. The lowest BCUT2D eigenvalue weighted by atomic mass is 10.2. The van der Waals surface area contributed by atoms with Gasteiger partial charge >= 0.3 is 0 Å². The fourth-order valence-corrected chi connectivity index (χ4v) is 2.46. The number of anilines is 2. The van der Waals surface area contributed by atoms with Crippen LogP contribution < -0.4 is 15.4 Å². The summed E-state index contributed by atoms with van der Waals surface area (Å²) < 4.78 is 10.6. The third kappa shape index (κ3) is 5.12. The van der Waals surface area contributed by atoms with Crippen molar-refractivity contribution in [1.82, 2.24) is 0 Å². The van der Waals surface area contributed by atoms with Crippen LogP contribution in [-0.4, -0.2) is 17.9 Å². The van der Waals surface area contributed by atoms with Gasteiger partial charge in [0.15, 0.2) is 11.9 Å². The third-order valence-electron chi connectivity index (χ3n) is 3.63. The van der Waals surface area contributed by atoms with E-state index in [0.29, 0.717) is 22.1 Å². The average Bonchev–Trinajstić information content (AvgIpc) is 3.18. The van der Waals surface area contributed by atoms with Gasteiger partial charge in [0.1, 0.15) is 5.75 Å². The van der Waals surface area contributed by atoms with E-state index >= 15 is 0 Å². The zero-order chi connectivity index (χ0) is 19.2. The molecule has 0 aliphatic carbocycles. The minimum Gasteiger partial charge on any atom is -0.481 e. The maximum Gasteiger partial charge on any atom is 0.291 e. The molecule has 2 N–H and O–H groups in total. The minimum absolute atomic E-state index is 0.222. The number of hydrogen-bond donors (Lipinski definition) is 2. The van der Waals surface area contributed by atoms with E-state index in [4.69, 9.17) is 20.8 Å². The molecule has 27 heavy (non-hydrogen) atoms. The molecule has 3 aromatic rings. The molecule has 3 rings (SSSR count). The molecule has 1 unspecified atom stereocenters. The van der Waals surface area contributed by atoms with Crippen molar-refractivity contribution in [1.29, 1.82) is 0 Å². The fraction of sp³-hybridized carbons (Fsp3) is 0.100. The minimum atomic E-state index is -0.707. The highest BCUT2D eigenvalue weighted by Gasteiger charge is 2.15. The van der Waals surface area contributed by atoms with E-state index in [0.717, 1.165) is 0 Å².